The third-order valence-corrected chi connectivity index (χ3v) is 3.21. The number of benzene rings is 1. The molecule has 1 aromatic carbocycles. The van der Waals surface area contributed by atoms with E-state index in [1.807, 2.05) is 12.1 Å². The Kier molecular flexibility index (Phi) is 7.03. The lowest BCUT2D eigenvalue weighted by molar-refractivity contribution is 0.276. The topological polar surface area (TPSA) is 15.3 Å². The lowest BCUT2D eigenvalue weighted by Crippen LogP contribution is -2.29. The highest BCUT2D eigenvalue weighted by Crippen LogP contribution is 2.20. The van der Waals surface area contributed by atoms with Crippen molar-refractivity contribution in [1.29, 1.82) is 0 Å². The Morgan fingerprint density at radius 2 is 1.95 bits per heavy atom. The standard InChI is InChI=1S/C16H27FN2/c1-5-18-16(10-11-19(4)12-13(2)3)14-8-6-7-9-15(14)17/h6-9,13,16,18H,5,10-12H2,1-4H3. The van der Waals surface area contributed by atoms with Crippen LogP contribution in [0.25, 0.3) is 0 Å². The van der Waals surface area contributed by atoms with E-state index in [2.05, 4.69) is 38.0 Å². The van der Waals surface area contributed by atoms with Gasteiger partial charge in [-0.15, -0.1) is 0 Å². The van der Waals surface area contributed by atoms with Crippen molar-refractivity contribution in [3.8, 4) is 0 Å². The zero-order chi connectivity index (χ0) is 14.3. The molecule has 1 rings (SSSR count). The molecule has 0 saturated carbocycles. The second-order valence-electron chi connectivity index (χ2n) is 5.58. The van der Waals surface area contributed by atoms with Crippen LogP contribution in [-0.4, -0.2) is 31.6 Å². The van der Waals surface area contributed by atoms with Gasteiger partial charge in [0.2, 0.25) is 0 Å². The molecule has 108 valence electrons. The van der Waals surface area contributed by atoms with E-state index < -0.39 is 0 Å². The number of nitrogens with one attached hydrogen (secondary N) is 1. The van der Waals surface area contributed by atoms with Crippen LogP contribution < -0.4 is 5.32 Å². The zero-order valence-corrected chi connectivity index (χ0v) is 12.6. The number of hydrogen-bond donors (Lipinski definition) is 1. The summed E-state index contributed by atoms with van der Waals surface area (Å²) < 4.78 is 13.8. The Bertz CT molecular complexity index is 366. The monoisotopic (exact) mass is 266 g/mol. The van der Waals surface area contributed by atoms with Crippen molar-refractivity contribution >= 4 is 0 Å². The highest BCUT2D eigenvalue weighted by Gasteiger charge is 2.15. The molecule has 0 heterocycles. The maximum Gasteiger partial charge on any atom is 0.127 e. The maximum absolute atomic E-state index is 13.8. The average Bonchev–Trinajstić information content (AvgIpc) is 2.34. The summed E-state index contributed by atoms with van der Waals surface area (Å²) in [5.41, 5.74) is 0.780. The molecule has 0 spiro atoms. The van der Waals surface area contributed by atoms with Crippen molar-refractivity contribution in [2.75, 3.05) is 26.7 Å². The molecule has 3 heteroatoms. The minimum absolute atomic E-state index is 0.0980. The van der Waals surface area contributed by atoms with Gasteiger partial charge in [0.05, 0.1) is 0 Å². The molecule has 0 saturated heterocycles. The molecule has 0 radical (unpaired) electrons. The Labute approximate surface area is 117 Å². The Morgan fingerprint density at radius 3 is 2.53 bits per heavy atom. The molecule has 0 aromatic heterocycles. The van der Waals surface area contributed by atoms with E-state index in [9.17, 15) is 4.39 Å². The first-order chi connectivity index (χ1) is 9.04. The first-order valence-electron chi connectivity index (χ1n) is 7.21. The van der Waals surface area contributed by atoms with Crippen LogP contribution in [0.1, 0.15) is 38.8 Å². The van der Waals surface area contributed by atoms with Gasteiger partial charge in [0.25, 0.3) is 0 Å². The predicted octanol–water partition coefficient (Wildman–Crippen LogP) is 3.45. The van der Waals surface area contributed by atoms with Gasteiger partial charge in [-0.1, -0.05) is 39.0 Å². The van der Waals surface area contributed by atoms with Crippen LogP contribution in [0.15, 0.2) is 24.3 Å². The number of halogens is 1. The fourth-order valence-electron chi connectivity index (χ4n) is 2.44. The molecule has 2 nitrogen and oxygen atoms in total. The molecule has 0 fully saturated rings. The SMILES string of the molecule is CCNC(CCN(C)CC(C)C)c1ccccc1F. The molecule has 0 aliphatic heterocycles. The molecule has 0 aliphatic rings. The predicted molar refractivity (Wildman–Crippen MR) is 79.8 cm³/mol. The Balaban J connectivity index is 2.61. The highest BCUT2D eigenvalue weighted by molar-refractivity contribution is 5.21. The van der Waals surface area contributed by atoms with E-state index in [1.54, 1.807) is 6.07 Å². The third kappa shape index (κ3) is 5.70. The van der Waals surface area contributed by atoms with Gasteiger partial charge in [0, 0.05) is 18.2 Å². The average molecular weight is 266 g/mol. The molecule has 0 aliphatic carbocycles. The maximum atomic E-state index is 13.8. The summed E-state index contributed by atoms with van der Waals surface area (Å²) in [5.74, 6) is 0.552. The van der Waals surface area contributed by atoms with Gasteiger partial charge in [-0.2, -0.15) is 0 Å². The van der Waals surface area contributed by atoms with E-state index in [0.29, 0.717) is 5.92 Å². The van der Waals surface area contributed by atoms with Crippen LogP contribution in [0.5, 0.6) is 0 Å². The molecule has 1 aromatic rings. The molecule has 1 atom stereocenters. The molecule has 1 N–H and O–H groups in total. The van der Waals surface area contributed by atoms with E-state index in [-0.39, 0.29) is 11.9 Å². The van der Waals surface area contributed by atoms with Gasteiger partial charge in [-0.05, 0) is 38.5 Å². The van der Waals surface area contributed by atoms with E-state index in [4.69, 9.17) is 0 Å². The summed E-state index contributed by atoms with van der Waals surface area (Å²) in [6, 6.07) is 7.16. The fourth-order valence-corrected chi connectivity index (χ4v) is 2.44. The smallest absolute Gasteiger partial charge is 0.127 e. The first-order valence-corrected chi connectivity index (χ1v) is 7.21. The van der Waals surface area contributed by atoms with Crippen molar-refractivity contribution < 1.29 is 4.39 Å². The van der Waals surface area contributed by atoms with Crippen molar-refractivity contribution in [2.45, 2.75) is 33.2 Å². The summed E-state index contributed by atoms with van der Waals surface area (Å²) in [7, 11) is 2.13. The van der Waals surface area contributed by atoms with Crippen LogP contribution in [0.4, 0.5) is 4.39 Å². The van der Waals surface area contributed by atoms with E-state index in [0.717, 1.165) is 31.6 Å². The van der Waals surface area contributed by atoms with Crippen molar-refractivity contribution in [1.82, 2.24) is 10.2 Å². The third-order valence-electron chi connectivity index (χ3n) is 3.21. The van der Waals surface area contributed by atoms with Crippen molar-refractivity contribution in [2.24, 2.45) is 5.92 Å². The normalized spacial score (nSPS) is 13.2. The van der Waals surface area contributed by atoms with Crippen LogP contribution in [0.2, 0.25) is 0 Å². The number of hydrogen-bond acceptors (Lipinski definition) is 2. The highest BCUT2D eigenvalue weighted by atomic mass is 19.1. The van der Waals surface area contributed by atoms with Gasteiger partial charge in [0.15, 0.2) is 0 Å². The second-order valence-corrected chi connectivity index (χ2v) is 5.58. The minimum Gasteiger partial charge on any atom is -0.310 e. The van der Waals surface area contributed by atoms with Crippen LogP contribution in [0, 0.1) is 11.7 Å². The summed E-state index contributed by atoms with van der Waals surface area (Å²) in [5, 5.41) is 3.38. The largest absolute Gasteiger partial charge is 0.310 e. The molecular weight excluding hydrogens is 239 g/mol. The Hall–Kier alpha value is -0.930. The summed E-state index contributed by atoms with van der Waals surface area (Å²) in [6.45, 7) is 9.41. The first kappa shape index (κ1) is 16.1. The molecular formula is C16H27FN2. The van der Waals surface area contributed by atoms with Gasteiger partial charge < -0.3 is 10.2 Å². The van der Waals surface area contributed by atoms with Crippen molar-refractivity contribution in [3.63, 3.8) is 0 Å². The fraction of sp³-hybridized carbons (Fsp3) is 0.625. The van der Waals surface area contributed by atoms with Gasteiger partial charge in [-0.25, -0.2) is 4.39 Å². The summed E-state index contributed by atoms with van der Waals surface area (Å²) in [6.07, 6.45) is 0.929. The van der Waals surface area contributed by atoms with Gasteiger partial charge in [-0.3, -0.25) is 0 Å². The van der Waals surface area contributed by atoms with Crippen LogP contribution in [0.3, 0.4) is 0 Å². The molecule has 0 amide bonds. The summed E-state index contributed by atoms with van der Waals surface area (Å²) >= 11 is 0. The number of rotatable bonds is 8. The van der Waals surface area contributed by atoms with Crippen molar-refractivity contribution in [3.05, 3.63) is 35.6 Å². The second kappa shape index (κ2) is 8.28. The minimum atomic E-state index is -0.111. The number of nitrogens with zero attached hydrogens (tertiary/aromatic N) is 1. The quantitative estimate of drug-likeness (QED) is 0.775. The lowest BCUT2D eigenvalue weighted by Gasteiger charge is -2.24. The summed E-state index contributed by atoms with van der Waals surface area (Å²) in [4.78, 5) is 2.32. The molecule has 19 heavy (non-hydrogen) atoms. The molecule has 0 bridgehead atoms. The van der Waals surface area contributed by atoms with E-state index >= 15 is 0 Å². The van der Waals surface area contributed by atoms with E-state index in [1.165, 1.54) is 6.07 Å². The molecule has 1 unspecified atom stereocenters. The van der Waals surface area contributed by atoms with Crippen LogP contribution >= 0.6 is 0 Å². The van der Waals surface area contributed by atoms with Gasteiger partial charge >= 0.3 is 0 Å². The lowest BCUT2D eigenvalue weighted by atomic mass is 10.0. The van der Waals surface area contributed by atoms with Crippen LogP contribution in [-0.2, 0) is 0 Å². The Morgan fingerprint density at radius 1 is 1.26 bits per heavy atom. The zero-order valence-electron chi connectivity index (χ0n) is 12.6. The van der Waals surface area contributed by atoms with Gasteiger partial charge in [0.1, 0.15) is 5.82 Å².